The number of hydrogen-bond donors (Lipinski definition) is 2. The van der Waals surface area contributed by atoms with Crippen LogP contribution >= 0.6 is 0 Å². The van der Waals surface area contributed by atoms with Crippen LogP contribution in [0.15, 0.2) is 24.3 Å². The monoisotopic (exact) mass is 247 g/mol. The normalized spacial score (nSPS) is 19.7. The molecule has 1 unspecified atom stereocenters. The summed E-state index contributed by atoms with van der Waals surface area (Å²) in [5.41, 5.74) is 7.47. The lowest BCUT2D eigenvalue weighted by Gasteiger charge is -2.33. The number of carboxylic acid groups (broad SMARTS) is 1. The van der Waals surface area contributed by atoms with Gasteiger partial charge in [0.15, 0.2) is 0 Å². The summed E-state index contributed by atoms with van der Waals surface area (Å²) >= 11 is 0. The van der Waals surface area contributed by atoms with Crippen LogP contribution in [0.25, 0.3) is 0 Å². The van der Waals surface area contributed by atoms with E-state index >= 15 is 0 Å². The average molecular weight is 247 g/mol. The maximum absolute atomic E-state index is 11.7. The largest absolute Gasteiger partial charge is 0.481 e. The molecule has 0 bridgehead atoms. The second-order valence-electron chi connectivity index (χ2n) is 5.37. The summed E-state index contributed by atoms with van der Waals surface area (Å²) in [6.07, 6.45) is 3.49. The van der Waals surface area contributed by atoms with E-state index in [1.807, 2.05) is 25.1 Å². The van der Waals surface area contributed by atoms with Crippen LogP contribution in [0.5, 0.6) is 0 Å². The van der Waals surface area contributed by atoms with E-state index < -0.39 is 11.4 Å². The van der Waals surface area contributed by atoms with Gasteiger partial charge in [-0.3, -0.25) is 4.79 Å². The molecule has 0 amide bonds. The lowest BCUT2D eigenvalue weighted by Crippen LogP contribution is -2.38. The van der Waals surface area contributed by atoms with Gasteiger partial charge in [0, 0.05) is 12.5 Å². The molecule has 1 aliphatic rings. The quantitative estimate of drug-likeness (QED) is 0.859. The van der Waals surface area contributed by atoms with E-state index in [9.17, 15) is 9.90 Å². The molecule has 1 fully saturated rings. The number of carbonyl (C=O) groups is 1. The van der Waals surface area contributed by atoms with E-state index in [1.165, 1.54) is 0 Å². The van der Waals surface area contributed by atoms with Gasteiger partial charge in [-0.05, 0) is 25.3 Å². The number of benzene rings is 1. The Morgan fingerprint density at radius 2 is 2.11 bits per heavy atom. The van der Waals surface area contributed by atoms with Gasteiger partial charge in [0.25, 0.3) is 0 Å². The molecule has 1 saturated carbocycles. The Kier molecular flexibility index (Phi) is 3.71. The fourth-order valence-electron chi connectivity index (χ4n) is 3.28. The molecule has 1 aliphatic carbocycles. The highest BCUT2D eigenvalue weighted by molar-refractivity contribution is 5.76. The molecule has 98 valence electrons. The van der Waals surface area contributed by atoms with Crippen LogP contribution in [0.1, 0.15) is 42.7 Å². The highest BCUT2D eigenvalue weighted by Crippen LogP contribution is 2.48. The number of aryl methyl sites for hydroxylation is 1. The van der Waals surface area contributed by atoms with Crippen LogP contribution in [0.2, 0.25) is 0 Å². The number of nitrogens with two attached hydrogens (primary N) is 1. The summed E-state index contributed by atoms with van der Waals surface area (Å²) in [5.74, 6) is -0.755. The third kappa shape index (κ3) is 2.15. The van der Waals surface area contributed by atoms with Gasteiger partial charge in [-0.2, -0.15) is 0 Å². The first kappa shape index (κ1) is 13.1. The van der Waals surface area contributed by atoms with Gasteiger partial charge in [-0.1, -0.05) is 42.7 Å². The van der Waals surface area contributed by atoms with Gasteiger partial charge in [-0.15, -0.1) is 0 Å². The number of carboxylic acids is 1. The van der Waals surface area contributed by atoms with E-state index in [1.54, 1.807) is 0 Å². The van der Waals surface area contributed by atoms with E-state index in [2.05, 4.69) is 6.07 Å². The molecule has 2 rings (SSSR count). The first-order valence-corrected chi connectivity index (χ1v) is 6.60. The Morgan fingerprint density at radius 3 is 2.61 bits per heavy atom. The van der Waals surface area contributed by atoms with E-state index in [0.29, 0.717) is 6.54 Å². The third-order valence-electron chi connectivity index (χ3n) is 4.27. The van der Waals surface area contributed by atoms with Gasteiger partial charge in [0.2, 0.25) is 0 Å². The summed E-state index contributed by atoms with van der Waals surface area (Å²) in [4.78, 5) is 11.7. The number of rotatable bonds is 4. The SMILES string of the molecule is Cc1cccc(C(CN)C2(C(=O)O)CCCC2)c1. The van der Waals surface area contributed by atoms with Crippen molar-refractivity contribution in [3.05, 3.63) is 35.4 Å². The molecule has 3 N–H and O–H groups in total. The van der Waals surface area contributed by atoms with Crippen LogP contribution in [0.4, 0.5) is 0 Å². The third-order valence-corrected chi connectivity index (χ3v) is 4.27. The van der Waals surface area contributed by atoms with E-state index in [4.69, 9.17) is 5.73 Å². The molecule has 0 spiro atoms. The molecule has 1 aromatic rings. The molecular formula is C15H21NO2. The summed E-state index contributed by atoms with van der Waals surface area (Å²) in [7, 11) is 0. The van der Waals surface area contributed by atoms with Crippen LogP contribution in [-0.2, 0) is 4.79 Å². The van der Waals surface area contributed by atoms with Crippen molar-refractivity contribution < 1.29 is 9.90 Å². The Morgan fingerprint density at radius 1 is 1.44 bits per heavy atom. The fourth-order valence-corrected chi connectivity index (χ4v) is 3.28. The van der Waals surface area contributed by atoms with Gasteiger partial charge >= 0.3 is 5.97 Å². The second kappa shape index (κ2) is 5.11. The fraction of sp³-hybridized carbons (Fsp3) is 0.533. The molecule has 0 heterocycles. The summed E-state index contributed by atoms with van der Waals surface area (Å²) in [5, 5.41) is 9.64. The van der Waals surface area contributed by atoms with Gasteiger partial charge in [0.05, 0.1) is 5.41 Å². The predicted molar refractivity (Wildman–Crippen MR) is 71.5 cm³/mol. The molecule has 0 aliphatic heterocycles. The maximum Gasteiger partial charge on any atom is 0.310 e. The molecule has 18 heavy (non-hydrogen) atoms. The van der Waals surface area contributed by atoms with Crippen LogP contribution in [0.3, 0.4) is 0 Å². The molecule has 0 saturated heterocycles. The number of aliphatic carboxylic acids is 1. The second-order valence-corrected chi connectivity index (χ2v) is 5.37. The van der Waals surface area contributed by atoms with Crippen LogP contribution in [0, 0.1) is 12.3 Å². The molecule has 1 atom stereocenters. The number of hydrogen-bond acceptors (Lipinski definition) is 2. The summed E-state index contributed by atoms with van der Waals surface area (Å²) in [6, 6.07) is 8.09. The molecule has 3 nitrogen and oxygen atoms in total. The Labute approximate surface area is 108 Å². The van der Waals surface area contributed by atoms with Crippen LogP contribution < -0.4 is 5.73 Å². The first-order chi connectivity index (χ1) is 8.60. The summed E-state index contributed by atoms with van der Waals surface area (Å²) in [6.45, 7) is 2.43. The van der Waals surface area contributed by atoms with Crippen molar-refractivity contribution >= 4 is 5.97 Å². The van der Waals surface area contributed by atoms with Crippen molar-refractivity contribution in [3.63, 3.8) is 0 Å². The lowest BCUT2D eigenvalue weighted by atomic mass is 9.70. The minimum Gasteiger partial charge on any atom is -0.481 e. The Hall–Kier alpha value is -1.35. The maximum atomic E-state index is 11.7. The van der Waals surface area contributed by atoms with Crippen LogP contribution in [-0.4, -0.2) is 17.6 Å². The molecule has 0 radical (unpaired) electrons. The molecule has 3 heteroatoms. The zero-order chi connectivity index (χ0) is 13.2. The first-order valence-electron chi connectivity index (χ1n) is 6.60. The minimum absolute atomic E-state index is 0.0719. The smallest absolute Gasteiger partial charge is 0.310 e. The topological polar surface area (TPSA) is 63.3 Å². The standard InChI is InChI=1S/C15H21NO2/c1-11-5-4-6-12(9-11)13(10-16)15(14(17)18)7-2-3-8-15/h4-6,9,13H,2-3,7-8,10,16H2,1H3,(H,17,18). The van der Waals surface area contributed by atoms with Crippen molar-refractivity contribution in [1.82, 2.24) is 0 Å². The highest BCUT2D eigenvalue weighted by Gasteiger charge is 2.47. The van der Waals surface area contributed by atoms with E-state index in [-0.39, 0.29) is 5.92 Å². The Bertz CT molecular complexity index is 436. The average Bonchev–Trinajstić information content (AvgIpc) is 2.81. The predicted octanol–water partition coefficient (Wildman–Crippen LogP) is 2.68. The van der Waals surface area contributed by atoms with Gasteiger partial charge in [0.1, 0.15) is 0 Å². The van der Waals surface area contributed by atoms with Crippen molar-refractivity contribution in [2.75, 3.05) is 6.54 Å². The van der Waals surface area contributed by atoms with Crippen molar-refractivity contribution in [2.45, 2.75) is 38.5 Å². The zero-order valence-electron chi connectivity index (χ0n) is 10.9. The zero-order valence-corrected chi connectivity index (χ0v) is 10.9. The minimum atomic E-state index is -0.683. The highest BCUT2D eigenvalue weighted by atomic mass is 16.4. The van der Waals surface area contributed by atoms with E-state index in [0.717, 1.165) is 36.8 Å². The lowest BCUT2D eigenvalue weighted by molar-refractivity contribution is -0.150. The van der Waals surface area contributed by atoms with Crippen molar-refractivity contribution in [2.24, 2.45) is 11.1 Å². The van der Waals surface area contributed by atoms with Gasteiger partial charge < -0.3 is 10.8 Å². The van der Waals surface area contributed by atoms with Crippen molar-refractivity contribution in [3.8, 4) is 0 Å². The van der Waals surface area contributed by atoms with Crippen molar-refractivity contribution in [1.29, 1.82) is 0 Å². The van der Waals surface area contributed by atoms with Gasteiger partial charge in [-0.25, -0.2) is 0 Å². The summed E-state index contributed by atoms with van der Waals surface area (Å²) < 4.78 is 0. The Balaban J connectivity index is 2.40. The molecular weight excluding hydrogens is 226 g/mol. The molecule has 1 aromatic carbocycles. The molecule has 0 aromatic heterocycles.